The number of hydrogen-bond acceptors (Lipinski definition) is 4. The predicted molar refractivity (Wildman–Crippen MR) is 63.9 cm³/mol. The van der Waals surface area contributed by atoms with Crippen LogP contribution in [-0.2, 0) is 7.05 Å². The molecule has 0 bridgehead atoms. The molecule has 4 nitrogen and oxygen atoms in total. The molecule has 2 rings (SSSR count). The number of nitrogens with two attached hydrogens (primary N) is 1. The molecule has 0 saturated heterocycles. The fourth-order valence-electron chi connectivity index (χ4n) is 1.76. The molecule has 1 aliphatic rings. The largest absolute Gasteiger partial charge is 0.312 e. The molecule has 86 valence electrons. The molecule has 1 aliphatic carbocycles. The second-order valence-corrected chi connectivity index (χ2v) is 5.46. The van der Waals surface area contributed by atoms with E-state index in [9.17, 15) is 0 Å². The molecule has 1 aromatic rings. The minimum Gasteiger partial charge on any atom is -0.312 e. The van der Waals surface area contributed by atoms with Crippen molar-refractivity contribution in [2.75, 3.05) is 5.75 Å². The molecule has 0 spiro atoms. The second-order valence-electron chi connectivity index (χ2n) is 4.46. The molecule has 1 fully saturated rings. The smallest absolute Gasteiger partial charge is 0.116 e. The Morgan fingerprint density at radius 3 is 2.88 bits per heavy atom. The first-order valence-electron chi connectivity index (χ1n) is 5.39. The summed E-state index contributed by atoms with van der Waals surface area (Å²) in [6.45, 7) is 1.96. The van der Waals surface area contributed by atoms with Crippen LogP contribution in [0.5, 0.6) is 0 Å². The molecule has 1 atom stereocenters. The van der Waals surface area contributed by atoms with Crippen LogP contribution in [0.3, 0.4) is 0 Å². The van der Waals surface area contributed by atoms with Gasteiger partial charge in [-0.15, -0.1) is 11.8 Å². The van der Waals surface area contributed by atoms with Crippen LogP contribution < -0.4 is 5.73 Å². The first-order valence-corrected chi connectivity index (χ1v) is 6.37. The summed E-state index contributed by atoms with van der Waals surface area (Å²) in [5, 5.41) is 14.5. The number of aromatic nitrogens is 2. The van der Waals surface area contributed by atoms with Crippen LogP contribution in [0.25, 0.3) is 0 Å². The van der Waals surface area contributed by atoms with E-state index in [0.717, 1.165) is 23.6 Å². The third kappa shape index (κ3) is 2.23. The lowest BCUT2D eigenvalue weighted by Crippen LogP contribution is -2.43. The first kappa shape index (κ1) is 11.5. The first-order chi connectivity index (χ1) is 7.55. The average molecular weight is 236 g/mol. The summed E-state index contributed by atoms with van der Waals surface area (Å²) in [5.74, 6) is 1.03. The van der Waals surface area contributed by atoms with Crippen molar-refractivity contribution in [1.29, 1.82) is 5.26 Å². The van der Waals surface area contributed by atoms with Crippen molar-refractivity contribution in [3.63, 3.8) is 0 Å². The van der Waals surface area contributed by atoms with Crippen molar-refractivity contribution in [1.82, 2.24) is 9.78 Å². The quantitative estimate of drug-likeness (QED) is 0.803. The summed E-state index contributed by atoms with van der Waals surface area (Å²) in [5.41, 5.74) is 6.43. The van der Waals surface area contributed by atoms with Crippen molar-refractivity contribution in [3.05, 3.63) is 11.8 Å². The lowest BCUT2D eigenvalue weighted by molar-refractivity contribution is 0.531. The van der Waals surface area contributed by atoms with Gasteiger partial charge in [0.25, 0.3) is 0 Å². The van der Waals surface area contributed by atoms with Crippen LogP contribution in [0.4, 0.5) is 0 Å². The number of rotatable bonds is 4. The lowest BCUT2D eigenvalue weighted by atomic mass is 10.00. The van der Waals surface area contributed by atoms with E-state index in [1.54, 1.807) is 11.8 Å². The number of hydrogen-bond donors (Lipinski definition) is 1. The van der Waals surface area contributed by atoms with E-state index >= 15 is 0 Å². The molecule has 1 aromatic heterocycles. The molecule has 2 N–H and O–H groups in total. The van der Waals surface area contributed by atoms with Crippen LogP contribution >= 0.6 is 11.8 Å². The van der Waals surface area contributed by atoms with Gasteiger partial charge in [-0.05, 0) is 31.7 Å². The maximum Gasteiger partial charge on any atom is 0.116 e. The predicted octanol–water partition coefficient (Wildman–Crippen LogP) is 1.45. The molecule has 1 unspecified atom stereocenters. The second kappa shape index (κ2) is 4.11. The zero-order valence-electron chi connectivity index (χ0n) is 9.60. The van der Waals surface area contributed by atoms with Gasteiger partial charge in [0, 0.05) is 12.8 Å². The standard InChI is InChI=1S/C11H16N4S/c1-8-5-10(15(2)14-8)16-7-11(13,6-12)9-3-4-9/h5,9H,3-4,7,13H2,1-2H3. The Morgan fingerprint density at radius 1 is 1.75 bits per heavy atom. The Hall–Kier alpha value is -0.990. The summed E-state index contributed by atoms with van der Waals surface area (Å²) in [4.78, 5) is 0. The van der Waals surface area contributed by atoms with Gasteiger partial charge in [-0.3, -0.25) is 4.68 Å². The average Bonchev–Trinajstić information content (AvgIpc) is 3.03. The summed E-state index contributed by atoms with van der Waals surface area (Å²) in [7, 11) is 1.91. The van der Waals surface area contributed by atoms with Crippen molar-refractivity contribution >= 4 is 11.8 Å². The van der Waals surface area contributed by atoms with Gasteiger partial charge in [-0.1, -0.05) is 0 Å². The van der Waals surface area contributed by atoms with Gasteiger partial charge in [0.05, 0.1) is 16.8 Å². The Bertz CT molecular complexity index is 430. The van der Waals surface area contributed by atoms with E-state index in [2.05, 4.69) is 11.2 Å². The number of nitrogens with zero attached hydrogens (tertiary/aromatic N) is 3. The van der Waals surface area contributed by atoms with Crippen LogP contribution in [0.1, 0.15) is 18.5 Å². The van der Waals surface area contributed by atoms with Crippen molar-refractivity contribution in [3.8, 4) is 6.07 Å². The summed E-state index contributed by atoms with van der Waals surface area (Å²) in [6.07, 6.45) is 2.18. The van der Waals surface area contributed by atoms with E-state index in [4.69, 9.17) is 11.0 Å². The zero-order valence-corrected chi connectivity index (χ0v) is 10.4. The summed E-state index contributed by atoms with van der Waals surface area (Å²) in [6, 6.07) is 4.29. The maximum atomic E-state index is 9.14. The minimum atomic E-state index is -0.664. The fourth-order valence-corrected chi connectivity index (χ4v) is 2.92. The molecule has 1 heterocycles. The summed E-state index contributed by atoms with van der Waals surface area (Å²) >= 11 is 1.62. The van der Waals surface area contributed by atoms with Gasteiger partial charge in [-0.25, -0.2) is 0 Å². The maximum absolute atomic E-state index is 9.14. The molecule has 0 aromatic carbocycles. The number of thioether (sulfide) groups is 1. The van der Waals surface area contributed by atoms with Gasteiger partial charge >= 0.3 is 0 Å². The number of nitriles is 1. The molecule has 5 heteroatoms. The molecule has 0 amide bonds. The van der Waals surface area contributed by atoms with Crippen LogP contribution in [0, 0.1) is 24.2 Å². The molecular formula is C11H16N4S. The van der Waals surface area contributed by atoms with Crippen LogP contribution in [-0.4, -0.2) is 21.1 Å². The molecular weight excluding hydrogens is 220 g/mol. The third-order valence-corrected chi connectivity index (χ3v) is 4.23. The Labute approximate surface area is 99.8 Å². The SMILES string of the molecule is Cc1cc(SCC(N)(C#N)C2CC2)n(C)n1. The Balaban J connectivity index is 2.01. The summed E-state index contributed by atoms with van der Waals surface area (Å²) < 4.78 is 1.84. The molecule has 0 radical (unpaired) electrons. The van der Waals surface area contributed by atoms with Crippen LogP contribution in [0.2, 0.25) is 0 Å². The van der Waals surface area contributed by atoms with Crippen LogP contribution in [0.15, 0.2) is 11.1 Å². The Kier molecular flexibility index (Phi) is 2.96. The highest BCUT2D eigenvalue weighted by Crippen LogP contribution is 2.40. The lowest BCUT2D eigenvalue weighted by Gasteiger charge is -2.20. The van der Waals surface area contributed by atoms with Crippen molar-refractivity contribution < 1.29 is 0 Å². The van der Waals surface area contributed by atoms with E-state index in [1.165, 1.54) is 0 Å². The third-order valence-electron chi connectivity index (χ3n) is 2.93. The van der Waals surface area contributed by atoms with Gasteiger partial charge in [0.15, 0.2) is 0 Å². The highest BCUT2D eigenvalue weighted by atomic mass is 32.2. The highest BCUT2D eigenvalue weighted by molar-refractivity contribution is 7.99. The molecule has 16 heavy (non-hydrogen) atoms. The van der Waals surface area contributed by atoms with E-state index in [0.29, 0.717) is 11.7 Å². The number of aryl methyl sites for hydroxylation is 2. The normalized spacial score (nSPS) is 19.1. The molecule has 1 saturated carbocycles. The minimum absolute atomic E-state index is 0.388. The van der Waals surface area contributed by atoms with Gasteiger partial charge in [0.1, 0.15) is 5.54 Å². The van der Waals surface area contributed by atoms with Gasteiger partial charge in [-0.2, -0.15) is 10.4 Å². The molecule has 0 aliphatic heterocycles. The monoisotopic (exact) mass is 236 g/mol. The zero-order chi connectivity index (χ0) is 11.8. The van der Waals surface area contributed by atoms with Crippen molar-refractivity contribution in [2.45, 2.75) is 30.3 Å². The van der Waals surface area contributed by atoms with Crippen molar-refractivity contribution in [2.24, 2.45) is 18.7 Å². The van der Waals surface area contributed by atoms with Gasteiger partial charge < -0.3 is 5.73 Å². The fraction of sp³-hybridized carbons (Fsp3) is 0.636. The Morgan fingerprint density at radius 2 is 2.44 bits per heavy atom. The van der Waals surface area contributed by atoms with E-state index in [1.807, 2.05) is 24.7 Å². The van der Waals surface area contributed by atoms with E-state index in [-0.39, 0.29) is 0 Å². The van der Waals surface area contributed by atoms with E-state index < -0.39 is 5.54 Å². The highest BCUT2D eigenvalue weighted by Gasteiger charge is 2.42. The topological polar surface area (TPSA) is 67.6 Å². The van der Waals surface area contributed by atoms with Gasteiger partial charge in [0.2, 0.25) is 0 Å².